The number of carbonyl (C=O) groups excluding carboxylic acids is 1. The smallest absolute Gasteiger partial charge is 0.305 e. The number of carbonyl (C=O) groups is 1. The van der Waals surface area contributed by atoms with Gasteiger partial charge in [-0.25, -0.2) is 0 Å². The number of aromatic amines is 1. The summed E-state index contributed by atoms with van der Waals surface area (Å²) < 4.78 is 11.1. The second kappa shape index (κ2) is 14.7. The molecule has 1 aromatic rings. The largest absolute Gasteiger partial charge is 0.466 e. The Morgan fingerprint density at radius 3 is 2.46 bits per heavy atom. The number of rotatable bonds is 17. The highest BCUT2D eigenvalue weighted by Crippen LogP contribution is 2.29. The van der Waals surface area contributed by atoms with Gasteiger partial charge < -0.3 is 19.8 Å². The molecule has 3 rings (SSSR count). The SMILES string of the molecule is CCOC(=O)CCCCCCCCCCCC1=N/C(=C/C2(OCC)C=C(c3ccc[nH]3)NC2)C=C1. The van der Waals surface area contributed by atoms with Crippen molar-refractivity contribution in [2.45, 2.75) is 90.1 Å². The molecule has 1 atom stereocenters. The third-order valence-corrected chi connectivity index (χ3v) is 6.48. The van der Waals surface area contributed by atoms with Crippen molar-refractivity contribution < 1.29 is 14.3 Å². The van der Waals surface area contributed by atoms with E-state index in [4.69, 9.17) is 14.5 Å². The first-order chi connectivity index (χ1) is 17.1. The molecule has 0 aromatic carbocycles. The molecule has 2 aliphatic rings. The third kappa shape index (κ3) is 9.17. The molecule has 192 valence electrons. The number of nitrogens with one attached hydrogen (secondary N) is 2. The van der Waals surface area contributed by atoms with Gasteiger partial charge in [0.15, 0.2) is 0 Å². The average Bonchev–Trinajstić information content (AvgIpc) is 3.60. The number of unbranched alkanes of at least 4 members (excludes halogenated alkanes) is 8. The number of aromatic nitrogens is 1. The highest BCUT2D eigenvalue weighted by Gasteiger charge is 2.33. The Labute approximate surface area is 211 Å². The predicted molar refractivity (Wildman–Crippen MR) is 143 cm³/mol. The van der Waals surface area contributed by atoms with Crippen LogP contribution in [-0.4, -0.2) is 42.0 Å². The lowest BCUT2D eigenvalue weighted by Gasteiger charge is -2.22. The quantitative estimate of drug-likeness (QED) is 0.197. The summed E-state index contributed by atoms with van der Waals surface area (Å²) in [7, 11) is 0. The van der Waals surface area contributed by atoms with E-state index in [0.717, 1.165) is 36.4 Å². The van der Waals surface area contributed by atoms with Crippen molar-refractivity contribution in [1.29, 1.82) is 0 Å². The molecule has 0 bridgehead atoms. The molecular formula is C29H43N3O3. The molecule has 0 saturated carbocycles. The monoisotopic (exact) mass is 481 g/mol. The van der Waals surface area contributed by atoms with Gasteiger partial charge in [0, 0.05) is 24.9 Å². The van der Waals surface area contributed by atoms with Gasteiger partial charge in [-0.05, 0) is 69.5 Å². The molecule has 1 unspecified atom stereocenters. The van der Waals surface area contributed by atoms with E-state index in [1.807, 2.05) is 26.1 Å². The van der Waals surface area contributed by atoms with Crippen molar-refractivity contribution in [2.75, 3.05) is 19.8 Å². The van der Waals surface area contributed by atoms with Gasteiger partial charge >= 0.3 is 5.97 Å². The Balaban J connectivity index is 1.31. The summed E-state index contributed by atoms with van der Waals surface area (Å²) in [6, 6.07) is 4.07. The normalized spacial score (nSPS) is 20.2. The van der Waals surface area contributed by atoms with Gasteiger partial charge in [0.25, 0.3) is 0 Å². The molecule has 0 amide bonds. The Morgan fingerprint density at radius 1 is 1.03 bits per heavy atom. The number of H-pyrrole nitrogens is 1. The lowest BCUT2D eigenvalue weighted by Crippen LogP contribution is -2.33. The molecule has 2 N–H and O–H groups in total. The van der Waals surface area contributed by atoms with Gasteiger partial charge in [-0.2, -0.15) is 0 Å². The molecule has 2 aliphatic heterocycles. The van der Waals surface area contributed by atoms with Crippen molar-refractivity contribution in [3.8, 4) is 0 Å². The maximum Gasteiger partial charge on any atom is 0.305 e. The van der Waals surface area contributed by atoms with Crippen LogP contribution in [0.15, 0.2) is 53.3 Å². The summed E-state index contributed by atoms with van der Waals surface area (Å²) in [5, 5.41) is 3.47. The molecule has 35 heavy (non-hydrogen) atoms. The van der Waals surface area contributed by atoms with Crippen molar-refractivity contribution in [3.05, 3.63) is 54.0 Å². The minimum absolute atomic E-state index is 0.0559. The van der Waals surface area contributed by atoms with E-state index in [9.17, 15) is 4.79 Å². The highest BCUT2D eigenvalue weighted by molar-refractivity contribution is 5.98. The predicted octanol–water partition coefficient (Wildman–Crippen LogP) is 6.48. The van der Waals surface area contributed by atoms with Crippen LogP contribution in [0.5, 0.6) is 0 Å². The maximum atomic E-state index is 11.3. The van der Waals surface area contributed by atoms with E-state index >= 15 is 0 Å². The fourth-order valence-corrected chi connectivity index (χ4v) is 4.68. The first-order valence-electron chi connectivity index (χ1n) is 13.5. The molecule has 0 saturated heterocycles. The minimum atomic E-state index is -0.466. The maximum absolute atomic E-state index is 11.3. The number of allylic oxidation sites excluding steroid dienone is 2. The van der Waals surface area contributed by atoms with Gasteiger partial charge in [-0.3, -0.25) is 9.79 Å². The summed E-state index contributed by atoms with van der Waals surface area (Å²) in [6.45, 7) is 5.73. The van der Waals surface area contributed by atoms with Gasteiger partial charge in [-0.1, -0.05) is 44.9 Å². The summed E-state index contributed by atoms with van der Waals surface area (Å²) >= 11 is 0. The second-order valence-corrected chi connectivity index (χ2v) is 9.38. The standard InChI is InChI=1S/C29H43N3O3/c1-3-34-28(33)17-13-11-9-7-5-6-8-10-12-15-24-18-19-25(32-24)21-29(35-4-2)22-27(31-23-29)26-16-14-20-30-26/h14,16,18-22,30-31H,3-13,15,17,23H2,1-2H3/b25-21+. The van der Waals surface area contributed by atoms with Crippen LogP contribution in [0.2, 0.25) is 0 Å². The number of aliphatic imine (C=N–C) groups is 1. The van der Waals surface area contributed by atoms with E-state index in [1.165, 1.54) is 50.7 Å². The van der Waals surface area contributed by atoms with E-state index in [-0.39, 0.29) is 5.97 Å². The van der Waals surface area contributed by atoms with Crippen molar-refractivity contribution in [3.63, 3.8) is 0 Å². The molecule has 1 aromatic heterocycles. The van der Waals surface area contributed by atoms with Crippen LogP contribution in [0.4, 0.5) is 0 Å². The second-order valence-electron chi connectivity index (χ2n) is 9.38. The Morgan fingerprint density at radius 2 is 1.77 bits per heavy atom. The molecule has 0 fully saturated rings. The first-order valence-corrected chi connectivity index (χ1v) is 13.5. The molecular weight excluding hydrogens is 438 g/mol. The minimum Gasteiger partial charge on any atom is -0.466 e. The van der Waals surface area contributed by atoms with Crippen molar-refractivity contribution >= 4 is 17.4 Å². The van der Waals surface area contributed by atoms with Crippen LogP contribution in [0.1, 0.15) is 90.2 Å². The van der Waals surface area contributed by atoms with Gasteiger partial charge in [0.1, 0.15) is 5.60 Å². The first kappa shape index (κ1) is 27.0. The van der Waals surface area contributed by atoms with E-state index in [0.29, 0.717) is 26.2 Å². The molecule has 0 radical (unpaired) electrons. The lowest BCUT2D eigenvalue weighted by molar-refractivity contribution is -0.143. The lowest BCUT2D eigenvalue weighted by atomic mass is 10.0. The summed E-state index contributed by atoms with van der Waals surface area (Å²) in [6.07, 6.45) is 23.0. The molecule has 3 heterocycles. The zero-order valence-corrected chi connectivity index (χ0v) is 21.6. The topological polar surface area (TPSA) is 75.7 Å². The number of hydrogen-bond acceptors (Lipinski definition) is 5. The third-order valence-electron chi connectivity index (χ3n) is 6.48. The van der Waals surface area contributed by atoms with E-state index in [1.54, 1.807) is 0 Å². The number of ether oxygens (including phenoxy) is 2. The van der Waals surface area contributed by atoms with Crippen LogP contribution in [0, 0.1) is 0 Å². The highest BCUT2D eigenvalue weighted by atomic mass is 16.5. The number of nitrogens with zero attached hydrogens (tertiary/aromatic N) is 1. The fourth-order valence-electron chi connectivity index (χ4n) is 4.68. The zero-order chi connectivity index (χ0) is 24.8. The number of esters is 1. The van der Waals surface area contributed by atoms with Crippen LogP contribution in [-0.2, 0) is 14.3 Å². The molecule has 6 nitrogen and oxygen atoms in total. The van der Waals surface area contributed by atoms with E-state index < -0.39 is 5.60 Å². The van der Waals surface area contributed by atoms with Gasteiger partial charge in [-0.15, -0.1) is 0 Å². The van der Waals surface area contributed by atoms with Crippen molar-refractivity contribution in [2.24, 2.45) is 4.99 Å². The van der Waals surface area contributed by atoms with Crippen LogP contribution in [0.3, 0.4) is 0 Å². The molecule has 6 heteroatoms. The van der Waals surface area contributed by atoms with Crippen LogP contribution >= 0.6 is 0 Å². The average molecular weight is 482 g/mol. The summed E-state index contributed by atoms with van der Waals surface area (Å²) in [5.41, 5.74) is 3.84. The molecule has 0 aliphatic carbocycles. The summed E-state index contributed by atoms with van der Waals surface area (Å²) in [5.74, 6) is -0.0559. The van der Waals surface area contributed by atoms with Crippen LogP contribution < -0.4 is 5.32 Å². The van der Waals surface area contributed by atoms with Gasteiger partial charge in [0.05, 0.1) is 30.2 Å². The van der Waals surface area contributed by atoms with Crippen LogP contribution in [0.25, 0.3) is 5.70 Å². The van der Waals surface area contributed by atoms with E-state index in [2.05, 4.69) is 40.7 Å². The number of hydrogen-bond donors (Lipinski definition) is 2. The zero-order valence-electron chi connectivity index (χ0n) is 21.6. The Hall–Kier alpha value is -2.60. The fraction of sp³-hybridized carbons (Fsp3) is 0.586. The van der Waals surface area contributed by atoms with Crippen molar-refractivity contribution in [1.82, 2.24) is 10.3 Å². The Bertz CT molecular complexity index is 898. The molecule has 0 spiro atoms. The summed E-state index contributed by atoms with van der Waals surface area (Å²) in [4.78, 5) is 19.4. The van der Waals surface area contributed by atoms with Gasteiger partial charge in [0.2, 0.25) is 0 Å². The Kier molecular flexibility index (Phi) is 11.4.